The molecule has 0 aliphatic heterocycles. The van der Waals surface area contributed by atoms with E-state index in [1.54, 1.807) is 7.11 Å². The molecule has 17 heavy (non-hydrogen) atoms. The Hall–Kier alpha value is -0.980. The van der Waals surface area contributed by atoms with E-state index in [4.69, 9.17) is 14.0 Å². The number of nitrogens with zero attached hydrogens (tertiary/aromatic N) is 2. The topological polar surface area (TPSA) is 77.6 Å². The van der Waals surface area contributed by atoms with Gasteiger partial charge in [0.25, 0.3) is 0 Å². The molecule has 1 fully saturated rings. The lowest BCUT2D eigenvalue weighted by Crippen LogP contribution is -2.26. The number of methoxy groups -OCH3 is 1. The largest absolute Gasteiger partial charge is 0.393 e. The molecular weight excluding hydrogens is 224 g/mol. The van der Waals surface area contributed by atoms with Crippen LogP contribution in [-0.4, -0.2) is 48.3 Å². The van der Waals surface area contributed by atoms with Crippen LogP contribution in [-0.2, 0) is 15.9 Å². The maximum Gasteiger partial charge on any atom is 0.229 e. The number of aromatic nitrogens is 2. The van der Waals surface area contributed by atoms with Crippen molar-refractivity contribution in [2.45, 2.75) is 31.3 Å². The van der Waals surface area contributed by atoms with Crippen LogP contribution in [0.15, 0.2) is 4.52 Å². The van der Waals surface area contributed by atoms with Crippen LogP contribution in [0, 0.1) is 0 Å². The van der Waals surface area contributed by atoms with Crippen LogP contribution in [0.4, 0.5) is 0 Å². The Bertz CT molecular complexity index is 336. The van der Waals surface area contributed by atoms with E-state index in [1.165, 1.54) is 0 Å². The molecule has 6 nitrogen and oxygen atoms in total. The molecule has 1 heterocycles. The van der Waals surface area contributed by atoms with Crippen molar-refractivity contribution in [2.75, 3.05) is 26.9 Å². The Morgan fingerprint density at radius 2 is 2.18 bits per heavy atom. The van der Waals surface area contributed by atoms with Crippen LogP contribution in [0.1, 0.15) is 30.5 Å². The minimum atomic E-state index is -0.201. The lowest BCUT2D eigenvalue weighted by atomic mass is 9.82. The lowest BCUT2D eigenvalue weighted by molar-refractivity contribution is 0.0624. The Morgan fingerprint density at radius 1 is 1.35 bits per heavy atom. The van der Waals surface area contributed by atoms with Gasteiger partial charge >= 0.3 is 0 Å². The van der Waals surface area contributed by atoms with Gasteiger partial charge in [0.1, 0.15) is 0 Å². The predicted octanol–water partition coefficient (Wildman–Crippen LogP) is 0.513. The molecule has 1 aliphatic rings. The van der Waals surface area contributed by atoms with Crippen molar-refractivity contribution in [3.8, 4) is 0 Å². The summed E-state index contributed by atoms with van der Waals surface area (Å²) in [5.74, 6) is 1.54. The van der Waals surface area contributed by atoms with Crippen molar-refractivity contribution >= 4 is 0 Å². The van der Waals surface area contributed by atoms with Gasteiger partial charge in [-0.25, -0.2) is 0 Å². The van der Waals surface area contributed by atoms with Gasteiger partial charge in [0.2, 0.25) is 5.89 Å². The van der Waals surface area contributed by atoms with Gasteiger partial charge in [-0.1, -0.05) is 5.16 Å². The third kappa shape index (κ3) is 3.49. The molecule has 0 amide bonds. The van der Waals surface area contributed by atoms with Gasteiger partial charge in [-0.15, -0.1) is 0 Å². The molecule has 1 N–H and O–H groups in total. The predicted molar refractivity (Wildman–Crippen MR) is 58.7 cm³/mol. The molecule has 0 unspecified atom stereocenters. The molecule has 0 atom stereocenters. The van der Waals surface area contributed by atoms with Crippen LogP contribution in [0.25, 0.3) is 0 Å². The standard InChI is InChI=1S/C11H18N2O4/c1-15-4-5-16-3-2-10-12-11(17-13-10)8-6-9(14)7-8/h8-9,14H,2-7H2,1H3. The summed E-state index contributed by atoms with van der Waals surface area (Å²) in [7, 11) is 1.64. The first kappa shape index (κ1) is 12.5. The van der Waals surface area contributed by atoms with E-state index in [-0.39, 0.29) is 12.0 Å². The molecule has 2 rings (SSSR count). The lowest BCUT2D eigenvalue weighted by Gasteiger charge is -2.27. The molecule has 1 saturated carbocycles. The van der Waals surface area contributed by atoms with Gasteiger partial charge in [-0.2, -0.15) is 4.98 Å². The molecule has 0 radical (unpaired) electrons. The Labute approximate surface area is 99.9 Å². The van der Waals surface area contributed by atoms with Gasteiger partial charge in [0, 0.05) is 19.4 Å². The van der Waals surface area contributed by atoms with Crippen molar-refractivity contribution in [2.24, 2.45) is 0 Å². The van der Waals surface area contributed by atoms with Crippen LogP contribution >= 0.6 is 0 Å². The highest BCUT2D eigenvalue weighted by Crippen LogP contribution is 2.35. The number of aliphatic hydroxyl groups is 1. The zero-order chi connectivity index (χ0) is 12.1. The number of hydrogen-bond acceptors (Lipinski definition) is 6. The monoisotopic (exact) mass is 242 g/mol. The van der Waals surface area contributed by atoms with Gasteiger partial charge in [-0.3, -0.25) is 0 Å². The van der Waals surface area contributed by atoms with Crippen LogP contribution < -0.4 is 0 Å². The first-order valence-electron chi connectivity index (χ1n) is 5.87. The molecule has 1 aromatic heterocycles. The van der Waals surface area contributed by atoms with E-state index < -0.39 is 0 Å². The first-order chi connectivity index (χ1) is 8.29. The maximum absolute atomic E-state index is 9.19. The van der Waals surface area contributed by atoms with Crippen molar-refractivity contribution in [3.63, 3.8) is 0 Å². The molecule has 0 spiro atoms. The Kier molecular flexibility index (Phi) is 4.47. The number of ether oxygens (including phenoxy) is 2. The SMILES string of the molecule is COCCOCCc1noc(C2CC(O)C2)n1. The van der Waals surface area contributed by atoms with Crippen molar-refractivity contribution < 1.29 is 19.1 Å². The van der Waals surface area contributed by atoms with Crippen molar-refractivity contribution in [3.05, 3.63) is 11.7 Å². The summed E-state index contributed by atoms with van der Waals surface area (Å²) >= 11 is 0. The summed E-state index contributed by atoms with van der Waals surface area (Å²) in [5.41, 5.74) is 0. The summed E-state index contributed by atoms with van der Waals surface area (Å²) in [6.07, 6.45) is 1.90. The van der Waals surface area contributed by atoms with Crippen LogP contribution in [0.2, 0.25) is 0 Å². The molecule has 6 heteroatoms. The summed E-state index contributed by atoms with van der Waals surface area (Å²) < 4.78 is 15.3. The smallest absolute Gasteiger partial charge is 0.229 e. The molecule has 1 aromatic rings. The van der Waals surface area contributed by atoms with Crippen molar-refractivity contribution in [1.29, 1.82) is 0 Å². The van der Waals surface area contributed by atoms with E-state index in [2.05, 4.69) is 10.1 Å². The second-order valence-corrected chi connectivity index (χ2v) is 4.23. The van der Waals surface area contributed by atoms with E-state index in [9.17, 15) is 5.11 Å². The highest BCUT2D eigenvalue weighted by molar-refractivity contribution is 5.01. The molecular formula is C11H18N2O4. The number of hydrogen-bond donors (Lipinski definition) is 1. The first-order valence-corrected chi connectivity index (χ1v) is 5.87. The molecule has 0 saturated heterocycles. The number of aliphatic hydroxyl groups excluding tert-OH is 1. The Balaban J connectivity index is 1.67. The maximum atomic E-state index is 9.19. The summed E-state index contributed by atoms with van der Waals surface area (Å²) in [6, 6.07) is 0. The molecule has 0 bridgehead atoms. The van der Waals surface area contributed by atoms with Crippen molar-refractivity contribution in [1.82, 2.24) is 10.1 Å². The molecule has 1 aliphatic carbocycles. The fraction of sp³-hybridized carbons (Fsp3) is 0.818. The van der Waals surface area contributed by atoms with E-state index in [0.29, 0.717) is 38.0 Å². The van der Waals surface area contributed by atoms with E-state index >= 15 is 0 Å². The van der Waals surface area contributed by atoms with E-state index in [0.717, 1.165) is 12.8 Å². The quantitative estimate of drug-likeness (QED) is 0.702. The highest BCUT2D eigenvalue weighted by Gasteiger charge is 2.32. The average molecular weight is 242 g/mol. The summed E-state index contributed by atoms with van der Waals surface area (Å²) in [6.45, 7) is 1.74. The third-order valence-corrected chi connectivity index (χ3v) is 2.85. The average Bonchev–Trinajstić information content (AvgIpc) is 2.73. The van der Waals surface area contributed by atoms with Crippen LogP contribution in [0.5, 0.6) is 0 Å². The normalized spacial score (nSPS) is 23.6. The zero-order valence-electron chi connectivity index (χ0n) is 9.96. The fourth-order valence-corrected chi connectivity index (χ4v) is 1.73. The van der Waals surface area contributed by atoms with Gasteiger partial charge < -0.3 is 19.1 Å². The zero-order valence-corrected chi connectivity index (χ0v) is 9.96. The minimum absolute atomic E-state index is 0.201. The third-order valence-electron chi connectivity index (χ3n) is 2.85. The fourth-order valence-electron chi connectivity index (χ4n) is 1.73. The van der Waals surface area contributed by atoms with Gasteiger partial charge in [0.05, 0.1) is 25.9 Å². The van der Waals surface area contributed by atoms with Gasteiger partial charge in [0.15, 0.2) is 5.82 Å². The molecule has 96 valence electrons. The Morgan fingerprint density at radius 3 is 2.88 bits per heavy atom. The molecule has 0 aromatic carbocycles. The second kappa shape index (κ2) is 6.09. The minimum Gasteiger partial charge on any atom is -0.393 e. The van der Waals surface area contributed by atoms with Crippen LogP contribution in [0.3, 0.4) is 0 Å². The second-order valence-electron chi connectivity index (χ2n) is 4.23. The van der Waals surface area contributed by atoms with E-state index in [1.807, 2.05) is 0 Å². The van der Waals surface area contributed by atoms with Gasteiger partial charge in [-0.05, 0) is 12.8 Å². The summed E-state index contributed by atoms with van der Waals surface area (Å²) in [5, 5.41) is 13.1. The highest BCUT2D eigenvalue weighted by atomic mass is 16.5. The number of rotatable bonds is 7. The summed E-state index contributed by atoms with van der Waals surface area (Å²) in [4.78, 5) is 4.28.